The van der Waals surface area contributed by atoms with Gasteiger partial charge in [-0.25, -0.2) is 4.79 Å². The van der Waals surface area contributed by atoms with Crippen molar-refractivity contribution in [2.45, 2.75) is 50.7 Å². The Morgan fingerprint density at radius 1 is 1.23 bits per heavy atom. The van der Waals surface area contributed by atoms with Crippen LogP contribution in [0.4, 0.5) is 0 Å². The SMILES string of the molecule is CC(NC(=O)CNC(=O)C1CCCN1)C(=O)NC(CCC(N)=O)C(=O)O. The van der Waals surface area contributed by atoms with Gasteiger partial charge >= 0.3 is 5.97 Å². The second-order valence-electron chi connectivity index (χ2n) is 6.06. The number of hydrogen-bond acceptors (Lipinski definition) is 6. The Bertz CT molecular complexity index is 561. The van der Waals surface area contributed by atoms with Crippen molar-refractivity contribution in [3.05, 3.63) is 0 Å². The lowest BCUT2D eigenvalue weighted by Gasteiger charge is -2.18. The number of primary amides is 1. The highest BCUT2D eigenvalue weighted by atomic mass is 16.4. The van der Waals surface area contributed by atoms with Crippen molar-refractivity contribution in [1.82, 2.24) is 21.3 Å². The second-order valence-corrected chi connectivity index (χ2v) is 6.06. The minimum atomic E-state index is -1.31. The molecule has 0 aromatic rings. The van der Waals surface area contributed by atoms with Gasteiger partial charge in [-0.05, 0) is 32.7 Å². The zero-order valence-electron chi connectivity index (χ0n) is 14.5. The third kappa shape index (κ3) is 7.47. The van der Waals surface area contributed by atoms with Crippen LogP contribution >= 0.6 is 0 Å². The summed E-state index contributed by atoms with van der Waals surface area (Å²) < 4.78 is 0. The summed E-state index contributed by atoms with van der Waals surface area (Å²) in [5.74, 6) is -3.58. The first kappa shape index (κ1) is 21.4. The summed E-state index contributed by atoms with van der Waals surface area (Å²) in [6, 6.07) is -2.62. The second kappa shape index (κ2) is 10.3. The maximum Gasteiger partial charge on any atom is 0.326 e. The number of carboxylic acid groups (broad SMARTS) is 1. The Morgan fingerprint density at radius 2 is 1.92 bits per heavy atom. The predicted octanol–water partition coefficient (Wildman–Crippen LogP) is -2.81. The first-order valence-electron chi connectivity index (χ1n) is 8.32. The van der Waals surface area contributed by atoms with Crippen molar-refractivity contribution in [2.24, 2.45) is 5.73 Å². The van der Waals surface area contributed by atoms with E-state index in [1.165, 1.54) is 6.92 Å². The van der Waals surface area contributed by atoms with Gasteiger partial charge in [0.15, 0.2) is 0 Å². The van der Waals surface area contributed by atoms with Crippen molar-refractivity contribution >= 4 is 29.6 Å². The van der Waals surface area contributed by atoms with Gasteiger partial charge in [-0.15, -0.1) is 0 Å². The number of nitrogens with two attached hydrogens (primary N) is 1. The lowest BCUT2D eigenvalue weighted by Crippen LogP contribution is -2.52. The number of rotatable bonds is 10. The van der Waals surface area contributed by atoms with Gasteiger partial charge in [-0.3, -0.25) is 19.2 Å². The van der Waals surface area contributed by atoms with Crippen LogP contribution in [0.2, 0.25) is 0 Å². The molecule has 0 aromatic heterocycles. The van der Waals surface area contributed by atoms with Crippen LogP contribution in [0.5, 0.6) is 0 Å². The van der Waals surface area contributed by atoms with Gasteiger partial charge in [-0.2, -0.15) is 0 Å². The van der Waals surface area contributed by atoms with Crippen LogP contribution in [-0.2, 0) is 24.0 Å². The quantitative estimate of drug-likeness (QED) is 0.240. The molecule has 4 amide bonds. The molecule has 0 saturated carbocycles. The van der Waals surface area contributed by atoms with Gasteiger partial charge in [0.25, 0.3) is 0 Å². The van der Waals surface area contributed by atoms with E-state index in [0.29, 0.717) is 6.42 Å². The molecule has 1 aliphatic rings. The van der Waals surface area contributed by atoms with E-state index >= 15 is 0 Å². The first-order chi connectivity index (χ1) is 12.2. The summed E-state index contributed by atoms with van der Waals surface area (Å²) in [6.07, 6.45) is 1.25. The molecule has 11 heteroatoms. The van der Waals surface area contributed by atoms with Crippen LogP contribution in [0.3, 0.4) is 0 Å². The maximum absolute atomic E-state index is 12.0. The number of amides is 4. The van der Waals surface area contributed by atoms with E-state index in [4.69, 9.17) is 10.8 Å². The zero-order valence-corrected chi connectivity index (χ0v) is 14.5. The van der Waals surface area contributed by atoms with E-state index in [2.05, 4.69) is 21.3 Å². The topological polar surface area (TPSA) is 180 Å². The molecule has 0 spiro atoms. The van der Waals surface area contributed by atoms with Crippen molar-refractivity contribution < 1.29 is 29.1 Å². The van der Waals surface area contributed by atoms with E-state index in [-0.39, 0.29) is 31.3 Å². The normalized spacial score (nSPS) is 18.4. The molecule has 0 radical (unpaired) electrons. The molecule has 1 aliphatic heterocycles. The van der Waals surface area contributed by atoms with Crippen molar-refractivity contribution in [3.8, 4) is 0 Å². The largest absolute Gasteiger partial charge is 0.480 e. The third-order valence-corrected chi connectivity index (χ3v) is 3.86. The lowest BCUT2D eigenvalue weighted by molar-refractivity contribution is -0.142. The van der Waals surface area contributed by atoms with Gasteiger partial charge < -0.3 is 32.1 Å². The summed E-state index contributed by atoms with van der Waals surface area (Å²) in [5.41, 5.74) is 4.96. The van der Waals surface area contributed by atoms with Gasteiger partial charge in [0.2, 0.25) is 23.6 Å². The Morgan fingerprint density at radius 3 is 2.46 bits per heavy atom. The average molecular weight is 371 g/mol. The molecular formula is C15H25N5O6. The summed E-state index contributed by atoms with van der Waals surface area (Å²) in [7, 11) is 0. The van der Waals surface area contributed by atoms with Crippen LogP contribution < -0.4 is 27.0 Å². The molecule has 7 N–H and O–H groups in total. The molecule has 1 rings (SSSR count). The number of aliphatic carboxylic acids is 1. The van der Waals surface area contributed by atoms with Crippen LogP contribution in [0.15, 0.2) is 0 Å². The van der Waals surface area contributed by atoms with E-state index in [9.17, 15) is 24.0 Å². The van der Waals surface area contributed by atoms with E-state index in [1.807, 2.05) is 0 Å². The molecule has 3 atom stereocenters. The molecule has 1 saturated heterocycles. The molecule has 11 nitrogen and oxygen atoms in total. The number of carbonyl (C=O) groups is 5. The fourth-order valence-electron chi connectivity index (χ4n) is 2.40. The average Bonchev–Trinajstić information content (AvgIpc) is 3.10. The number of hydrogen-bond donors (Lipinski definition) is 6. The molecule has 146 valence electrons. The van der Waals surface area contributed by atoms with Crippen molar-refractivity contribution in [3.63, 3.8) is 0 Å². The number of carboxylic acids is 1. The van der Waals surface area contributed by atoms with E-state index in [0.717, 1.165) is 13.0 Å². The highest BCUT2D eigenvalue weighted by Crippen LogP contribution is 2.04. The molecule has 0 aromatic carbocycles. The monoisotopic (exact) mass is 371 g/mol. The smallest absolute Gasteiger partial charge is 0.326 e. The summed E-state index contributed by atoms with van der Waals surface area (Å²) >= 11 is 0. The standard InChI is InChI=1S/C15H25N5O6/c1-8(13(23)20-10(15(25)26)4-5-11(16)21)19-12(22)7-18-14(24)9-3-2-6-17-9/h8-10,17H,2-7H2,1H3,(H2,16,21)(H,18,24)(H,19,22)(H,20,23)(H,25,26). The minimum Gasteiger partial charge on any atom is -0.480 e. The minimum absolute atomic E-state index is 0.151. The summed E-state index contributed by atoms with van der Waals surface area (Å²) in [5, 5.41) is 19.1. The molecule has 0 bridgehead atoms. The fourth-order valence-corrected chi connectivity index (χ4v) is 2.40. The van der Waals surface area contributed by atoms with Crippen LogP contribution in [0, 0.1) is 0 Å². The molecule has 1 heterocycles. The first-order valence-corrected chi connectivity index (χ1v) is 8.32. The van der Waals surface area contributed by atoms with Crippen LogP contribution in [0.1, 0.15) is 32.6 Å². The number of carbonyl (C=O) groups excluding carboxylic acids is 4. The Labute approximate surface area is 150 Å². The van der Waals surface area contributed by atoms with Crippen molar-refractivity contribution in [2.75, 3.05) is 13.1 Å². The van der Waals surface area contributed by atoms with Crippen molar-refractivity contribution in [1.29, 1.82) is 0 Å². The van der Waals surface area contributed by atoms with Crippen LogP contribution in [0.25, 0.3) is 0 Å². The Kier molecular flexibility index (Phi) is 8.49. The highest BCUT2D eigenvalue weighted by molar-refractivity contribution is 5.92. The van der Waals surface area contributed by atoms with E-state index < -0.39 is 35.8 Å². The zero-order chi connectivity index (χ0) is 19.7. The fraction of sp³-hybridized carbons (Fsp3) is 0.667. The van der Waals surface area contributed by atoms with Gasteiger partial charge in [0.05, 0.1) is 12.6 Å². The predicted molar refractivity (Wildman–Crippen MR) is 89.6 cm³/mol. The number of nitrogens with one attached hydrogen (secondary N) is 4. The summed E-state index contributed by atoms with van der Waals surface area (Å²) in [4.78, 5) is 57.4. The van der Waals surface area contributed by atoms with Gasteiger partial charge in [-0.1, -0.05) is 0 Å². The maximum atomic E-state index is 12.0. The third-order valence-electron chi connectivity index (χ3n) is 3.86. The molecule has 26 heavy (non-hydrogen) atoms. The Balaban J connectivity index is 2.38. The highest BCUT2D eigenvalue weighted by Gasteiger charge is 2.25. The van der Waals surface area contributed by atoms with E-state index in [1.54, 1.807) is 0 Å². The molecule has 1 fully saturated rings. The molecule has 0 aliphatic carbocycles. The van der Waals surface area contributed by atoms with Gasteiger partial charge in [0.1, 0.15) is 12.1 Å². The summed E-state index contributed by atoms with van der Waals surface area (Å²) in [6.45, 7) is 1.83. The molecular weight excluding hydrogens is 346 g/mol. The lowest BCUT2D eigenvalue weighted by atomic mass is 10.1. The van der Waals surface area contributed by atoms with Crippen LogP contribution in [-0.4, -0.2) is 65.9 Å². The Hall–Kier alpha value is -2.69. The van der Waals surface area contributed by atoms with Gasteiger partial charge in [0, 0.05) is 6.42 Å². The molecule has 3 unspecified atom stereocenters.